The molecule has 1 aliphatic rings. The van der Waals surface area contributed by atoms with E-state index in [-0.39, 0.29) is 11.7 Å². The summed E-state index contributed by atoms with van der Waals surface area (Å²) in [5.41, 5.74) is 4.35. The summed E-state index contributed by atoms with van der Waals surface area (Å²) in [7, 11) is 3.31. The summed E-state index contributed by atoms with van der Waals surface area (Å²) in [4.78, 5) is 15.1. The average Bonchev–Trinajstić information content (AvgIpc) is 2.78. The van der Waals surface area contributed by atoms with E-state index in [0.717, 1.165) is 27.9 Å². The summed E-state index contributed by atoms with van der Waals surface area (Å²) in [6.45, 7) is 1.84. The predicted octanol–water partition coefficient (Wildman–Crippen LogP) is 5.30. The number of rotatable bonds is 6. The van der Waals surface area contributed by atoms with Gasteiger partial charge >= 0.3 is 0 Å². The van der Waals surface area contributed by atoms with Crippen LogP contribution in [0.2, 0.25) is 0 Å². The molecule has 154 valence electrons. The molecule has 0 spiro atoms. The average molecular weight is 466 g/mol. The minimum atomic E-state index is 0.123. The molecule has 3 aromatic carbocycles. The first-order chi connectivity index (χ1) is 14.6. The maximum absolute atomic E-state index is 12.9. The van der Waals surface area contributed by atoms with Crippen LogP contribution in [0.1, 0.15) is 33.0 Å². The third-order valence-corrected chi connectivity index (χ3v) is 6.12. The fraction of sp³-hybridized carbons (Fsp3) is 0.240. The molecule has 0 saturated heterocycles. The molecule has 0 amide bonds. The van der Waals surface area contributed by atoms with E-state index in [2.05, 4.69) is 51.2 Å². The second-order valence-corrected chi connectivity index (χ2v) is 8.38. The van der Waals surface area contributed by atoms with E-state index in [1.165, 1.54) is 11.1 Å². The molecule has 30 heavy (non-hydrogen) atoms. The second kappa shape index (κ2) is 9.02. The number of hydrogen-bond donors (Lipinski definition) is 0. The predicted molar refractivity (Wildman–Crippen MR) is 122 cm³/mol. The molecule has 0 bridgehead atoms. The molecule has 0 fully saturated rings. The molecule has 1 heterocycles. The van der Waals surface area contributed by atoms with Gasteiger partial charge in [-0.3, -0.25) is 9.69 Å². The minimum absolute atomic E-state index is 0.123. The number of carbonyl (C=O) groups is 1. The Kier molecular flexibility index (Phi) is 6.21. The second-order valence-electron chi connectivity index (χ2n) is 7.47. The van der Waals surface area contributed by atoms with Crippen LogP contribution < -0.4 is 9.47 Å². The number of halogens is 1. The molecule has 3 aromatic rings. The number of hydrogen-bond acceptors (Lipinski definition) is 4. The Hall–Kier alpha value is -2.63. The zero-order valence-corrected chi connectivity index (χ0v) is 18.7. The Morgan fingerprint density at radius 1 is 1.00 bits per heavy atom. The highest BCUT2D eigenvalue weighted by atomic mass is 79.9. The van der Waals surface area contributed by atoms with Crippen molar-refractivity contribution in [2.75, 3.05) is 27.3 Å². The number of ether oxygens (including phenoxy) is 2. The summed E-state index contributed by atoms with van der Waals surface area (Å²) < 4.78 is 12.0. The van der Waals surface area contributed by atoms with Crippen LogP contribution in [0, 0.1) is 0 Å². The Balaban J connectivity index is 1.67. The van der Waals surface area contributed by atoms with Crippen LogP contribution in [0.3, 0.4) is 0 Å². The van der Waals surface area contributed by atoms with Crippen LogP contribution in [0.25, 0.3) is 0 Å². The highest BCUT2D eigenvalue weighted by Crippen LogP contribution is 2.40. The lowest BCUT2D eigenvalue weighted by Crippen LogP contribution is -2.37. The van der Waals surface area contributed by atoms with Crippen LogP contribution >= 0.6 is 15.9 Å². The van der Waals surface area contributed by atoms with Gasteiger partial charge in [-0.25, -0.2) is 0 Å². The fourth-order valence-corrected chi connectivity index (χ4v) is 4.35. The first-order valence-electron chi connectivity index (χ1n) is 9.90. The van der Waals surface area contributed by atoms with Crippen LogP contribution in [-0.4, -0.2) is 38.0 Å². The molecular weight excluding hydrogens is 442 g/mol. The molecule has 0 aromatic heterocycles. The topological polar surface area (TPSA) is 38.8 Å². The lowest BCUT2D eigenvalue weighted by atomic mass is 9.84. The van der Waals surface area contributed by atoms with Gasteiger partial charge in [0.1, 0.15) is 0 Å². The number of fused-ring (bicyclic) bond motifs is 1. The summed E-state index contributed by atoms with van der Waals surface area (Å²) in [6.07, 6.45) is 0. The Bertz CT molecular complexity index is 1030. The molecule has 1 atom stereocenters. The Morgan fingerprint density at radius 2 is 1.67 bits per heavy atom. The highest BCUT2D eigenvalue weighted by molar-refractivity contribution is 9.10. The van der Waals surface area contributed by atoms with E-state index in [0.29, 0.717) is 18.8 Å². The third-order valence-electron chi connectivity index (χ3n) is 5.59. The van der Waals surface area contributed by atoms with Crippen molar-refractivity contribution in [1.29, 1.82) is 0 Å². The Morgan fingerprint density at radius 3 is 2.33 bits per heavy atom. The van der Waals surface area contributed by atoms with Crippen molar-refractivity contribution in [3.05, 3.63) is 93.5 Å². The standard InChI is InChI=1S/C25H24BrNO3/c1-29-24-12-19-14-27(16-23(28)18-8-10-20(26)11-9-18)15-22(17-6-4-3-5-7-17)21(19)13-25(24)30-2/h3-13,22H,14-16H2,1-2H3/t22-/m0/s1. The van der Waals surface area contributed by atoms with Gasteiger partial charge in [-0.05, 0) is 41.0 Å². The Labute approximate surface area is 185 Å². The van der Waals surface area contributed by atoms with Crippen molar-refractivity contribution >= 4 is 21.7 Å². The van der Waals surface area contributed by atoms with Crippen molar-refractivity contribution in [2.24, 2.45) is 0 Å². The van der Waals surface area contributed by atoms with E-state index in [1.807, 2.05) is 36.4 Å². The third kappa shape index (κ3) is 4.27. The molecule has 5 heteroatoms. The van der Waals surface area contributed by atoms with Crippen molar-refractivity contribution < 1.29 is 14.3 Å². The monoisotopic (exact) mass is 465 g/mol. The van der Waals surface area contributed by atoms with Crippen molar-refractivity contribution in [3.63, 3.8) is 0 Å². The van der Waals surface area contributed by atoms with Gasteiger partial charge in [-0.1, -0.05) is 58.4 Å². The van der Waals surface area contributed by atoms with Gasteiger partial charge in [0.25, 0.3) is 0 Å². The van der Waals surface area contributed by atoms with E-state index in [4.69, 9.17) is 9.47 Å². The van der Waals surface area contributed by atoms with Crippen LogP contribution in [0.15, 0.2) is 71.2 Å². The first-order valence-corrected chi connectivity index (χ1v) is 10.7. The maximum Gasteiger partial charge on any atom is 0.176 e. The van der Waals surface area contributed by atoms with E-state index in [1.54, 1.807) is 14.2 Å². The van der Waals surface area contributed by atoms with Gasteiger partial charge in [-0.15, -0.1) is 0 Å². The molecule has 0 unspecified atom stereocenters. The fourth-order valence-electron chi connectivity index (χ4n) is 4.08. The molecular formula is C25H24BrNO3. The van der Waals surface area contributed by atoms with Crippen LogP contribution in [0.4, 0.5) is 0 Å². The number of benzene rings is 3. The molecule has 0 aliphatic carbocycles. The van der Waals surface area contributed by atoms with Crippen molar-refractivity contribution in [1.82, 2.24) is 4.90 Å². The van der Waals surface area contributed by atoms with E-state index >= 15 is 0 Å². The van der Waals surface area contributed by atoms with Crippen LogP contribution in [-0.2, 0) is 6.54 Å². The zero-order chi connectivity index (χ0) is 21.1. The SMILES string of the molecule is COc1cc2c(cc1OC)[C@H](c1ccccc1)CN(CC(=O)c1ccc(Br)cc1)C2. The zero-order valence-electron chi connectivity index (χ0n) is 17.1. The van der Waals surface area contributed by atoms with Crippen molar-refractivity contribution in [3.8, 4) is 11.5 Å². The lowest BCUT2D eigenvalue weighted by Gasteiger charge is -2.35. The first kappa shape index (κ1) is 20.6. The summed E-state index contributed by atoms with van der Waals surface area (Å²) in [6, 6.07) is 22.1. The highest BCUT2D eigenvalue weighted by Gasteiger charge is 2.29. The quantitative estimate of drug-likeness (QED) is 0.463. The summed E-state index contributed by atoms with van der Waals surface area (Å²) in [5, 5.41) is 0. The summed E-state index contributed by atoms with van der Waals surface area (Å²) >= 11 is 3.43. The molecule has 4 rings (SSSR count). The smallest absolute Gasteiger partial charge is 0.176 e. The van der Waals surface area contributed by atoms with Gasteiger partial charge in [0.05, 0.1) is 20.8 Å². The number of nitrogens with zero attached hydrogens (tertiary/aromatic N) is 1. The molecule has 1 aliphatic heterocycles. The van der Waals surface area contributed by atoms with Gasteiger partial charge in [0.2, 0.25) is 0 Å². The number of carbonyl (C=O) groups excluding carboxylic acids is 1. The van der Waals surface area contributed by atoms with E-state index < -0.39 is 0 Å². The molecule has 0 saturated carbocycles. The minimum Gasteiger partial charge on any atom is -0.493 e. The van der Waals surface area contributed by atoms with Gasteiger partial charge in [0, 0.05) is 29.0 Å². The number of ketones is 1. The normalized spacial score (nSPS) is 16.0. The lowest BCUT2D eigenvalue weighted by molar-refractivity contribution is 0.0917. The number of methoxy groups -OCH3 is 2. The largest absolute Gasteiger partial charge is 0.493 e. The molecule has 0 radical (unpaired) electrons. The number of Topliss-reactive ketones (excluding diaryl/α,β-unsaturated/α-hetero) is 1. The summed E-state index contributed by atoms with van der Waals surface area (Å²) in [5.74, 6) is 1.73. The van der Waals surface area contributed by atoms with E-state index in [9.17, 15) is 4.79 Å². The van der Waals surface area contributed by atoms with Crippen molar-refractivity contribution in [2.45, 2.75) is 12.5 Å². The van der Waals surface area contributed by atoms with Crippen LogP contribution in [0.5, 0.6) is 11.5 Å². The van der Waals surface area contributed by atoms with Gasteiger partial charge < -0.3 is 9.47 Å². The maximum atomic E-state index is 12.9. The molecule has 0 N–H and O–H groups in total. The molecule has 4 nitrogen and oxygen atoms in total. The van der Waals surface area contributed by atoms with Gasteiger partial charge in [-0.2, -0.15) is 0 Å². The van der Waals surface area contributed by atoms with Gasteiger partial charge in [0.15, 0.2) is 17.3 Å².